The average molecular weight is 470 g/mol. The highest BCUT2D eigenvalue weighted by atomic mass is 32.2. The van der Waals surface area contributed by atoms with Crippen molar-refractivity contribution in [1.29, 1.82) is 0 Å². The van der Waals surface area contributed by atoms with E-state index < -0.39 is 10.0 Å². The van der Waals surface area contributed by atoms with Crippen molar-refractivity contribution in [3.8, 4) is 11.5 Å². The number of aromatic nitrogens is 1. The number of benzene rings is 2. The maximum absolute atomic E-state index is 13.4. The van der Waals surface area contributed by atoms with Crippen LogP contribution in [-0.4, -0.2) is 63.0 Å². The minimum absolute atomic E-state index is 0.443. The summed E-state index contributed by atoms with van der Waals surface area (Å²) in [6.07, 6.45) is 0. The third-order valence-corrected chi connectivity index (χ3v) is 8.38. The first-order chi connectivity index (χ1) is 15.7. The molecular weight excluding hydrogens is 438 g/mol. The van der Waals surface area contributed by atoms with E-state index >= 15 is 0 Å². The van der Waals surface area contributed by atoms with Gasteiger partial charge in [-0.25, -0.2) is 8.42 Å². The van der Waals surface area contributed by atoms with E-state index in [1.54, 1.807) is 18.5 Å². The zero-order chi connectivity index (χ0) is 23.8. The Morgan fingerprint density at radius 2 is 1.58 bits per heavy atom. The van der Waals surface area contributed by atoms with Crippen LogP contribution in [-0.2, 0) is 16.6 Å². The number of piperazine rings is 1. The van der Waals surface area contributed by atoms with Gasteiger partial charge in [0.05, 0.1) is 30.3 Å². The second-order valence-corrected chi connectivity index (χ2v) is 10.5. The fourth-order valence-corrected chi connectivity index (χ4v) is 6.50. The van der Waals surface area contributed by atoms with Gasteiger partial charge in [-0.15, -0.1) is 0 Å². The van der Waals surface area contributed by atoms with Gasteiger partial charge >= 0.3 is 0 Å². The van der Waals surface area contributed by atoms with Crippen LogP contribution in [0.5, 0.6) is 11.5 Å². The number of methoxy groups -OCH3 is 2. The quantitative estimate of drug-likeness (QED) is 0.548. The van der Waals surface area contributed by atoms with E-state index in [0.717, 1.165) is 44.8 Å². The van der Waals surface area contributed by atoms with Crippen molar-refractivity contribution >= 4 is 20.9 Å². The average Bonchev–Trinajstić information content (AvgIpc) is 2.77. The van der Waals surface area contributed by atoms with Gasteiger partial charge in [0.25, 0.3) is 0 Å². The maximum atomic E-state index is 13.4. The summed E-state index contributed by atoms with van der Waals surface area (Å²) in [5.41, 5.74) is 4.42. The van der Waals surface area contributed by atoms with E-state index in [9.17, 15) is 8.42 Å². The summed E-state index contributed by atoms with van der Waals surface area (Å²) < 4.78 is 39.2. The van der Waals surface area contributed by atoms with Crippen LogP contribution in [0.25, 0.3) is 10.9 Å². The molecule has 2 heterocycles. The SMILES string of the molecule is COc1ccc2nc(CN3CCN(S(=O)(=O)c4c(C)cc(C)cc4C)CC3)cc(OC)c2c1. The van der Waals surface area contributed by atoms with Gasteiger partial charge in [-0.3, -0.25) is 9.88 Å². The molecule has 1 aromatic heterocycles. The molecule has 0 atom stereocenters. The van der Waals surface area contributed by atoms with Crippen LogP contribution >= 0.6 is 0 Å². The molecule has 0 N–H and O–H groups in total. The number of aryl methyl sites for hydroxylation is 3. The van der Waals surface area contributed by atoms with E-state index in [1.807, 2.05) is 57.2 Å². The monoisotopic (exact) mass is 469 g/mol. The van der Waals surface area contributed by atoms with Crippen molar-refractivity contribution in [2.45, 2.75) is 32.2 Å². The van der Waals surface area contributed by atoms with Crippen LogP contribution in [0.15, 0.2) is 41.3 Å². The third-order valence-electron chi connectivity index (χ3n) is 6.17. The number of pyridine rings is 1. The molecule has 1 aliphatic rings. The summed E-state index contributed by atoms with van der Waals surface area (Å²) in [6.45, 7) is 8.57. The highest BCUT2D eigenvalue weighted by Crippen LogP contribution is 2.30. The molecule has 0 bridgehead atoms. The molecule has 0 unspecified atom stereocenters. The van der Waals surface area contributed by atoms with Crippen molar-refractivity contribution < 1.29 is 17.9 Å². The number of hydrogen-bond donors (Lipinski definition) is 0. The predicted molar refractivity (Wildman–Crippen MR) is 130 cm³/mol. The zero-order valence-electron chi connectivity index (χ0n) is 19.9. The number of hydrogen-bond acceptors (Lipinski definition) is 6. The van der Waals surface area contributed by atoms with Crippen molar-refractivity contribution in [2.75, 3.05) is 40.4 Å². The summed E-state index contributed by atoms with van der Waals surface area (Å²) in [6, 6.07) is 11.6. The zero-order valence-corrected chi connectivity index (χ0v) is 20.7. The first-order valence-corrected chi connectivity index (χ1v) is 12.5. The smallest absolute Gasteiger partial charge is 0.243 e. The first-order valence-electron chi connectivity index (χ1n) is 11.0. The lowest BCUT2D eigenvalue weighted by molar-refractivity contribution is 0.180. The molecule has 1 fully saturated rings. The molecule has 176 valence electrons. The Balaban J connectivity index is 1.49. The van der Waals surface area contributed by atoms with Gasteiger partial charge in [0.2, 0.25) is 10.0 Å². The molecule has 3 aromatic rings. The second-order valence-electron chi connectivity index (χ2n) is 8.61. The van der Waals surface area contributed by atoms with Gasteiger partial charge in [0.15, 0.2) is 0 Å². The molecule has 1 aliphatic heterocycles. The van der Waals surface area contributed by atoms with E-state index in [-0.39, 0.29) is 0 Å². The normalized spacial score (nSPS) is 15.7. The number of nitrogens with zero attached hydrogens (tertiary/aromatic N) is 3. The molecule has 8 heteroatoms. The fraction of sp³-hybridized carbons (Fsp3) is 0.400. The van der Waals surface area contributed by atoms with Crippen LogP contribution < -0.4 is 9.47 Å². The molecule has 2 aromatic carbocycles. The Bertz CT molecular complexity index is 1260. The fourth-order valence-electron chi connectivity index (χ4n) is 4.66. The third kappa shape index (κ3) is 4.69. The molecule has 0 spiro atoms. The summed E-state index contributed by atoms with van der Waals surface area (Å²) >= 11 is 0. The lowest BCUT2D eigenvalue weighted by Gasteiger charge is -2.34. The molecule has 0 amide bonds. The summed E-state index contributed by atoms with van der Waals surface area (Å²) in [7, 11) is -0.238. The molecule has 0 saturated carbocycles. The standard InChI is InChI=1S/C25H31N3O4S/c1-17-12-18(2)25(19(3)13-17)33(29,30)28-10-8-27(9-11-28)16-20-14-24(32-5)22-15-21(31-4)6-7-23(22)26-20/h6-7,12-15H,8-11,16H2,1-5H3. The summed E-state index contributed by atoms with van der Waals surface area (Å²) in [5.74, 6) is 1.51. The molecule has 1 saturated heterocycles. The van der Waals surface area contributed by atoms with Crippen LogP contribution in [0.2, 0.25) is 0 Å². The lowest BCUT2D eigenvalue weighted by atomic mass is 10.1. The van der Waals surface area contributed by atoms with E-state index in [2.05, 4.69) is 4.90 Å². The molecule has 0 radical (unpaired) electrons. The summed E-state index contributed by atoms with van der Waals surface area (Å²) in [4.78, 5) is 7.47. The van der Waals surface area contributed by atoms with E-state index in [4.69, 9.17) is 14.5 Å². The predicted octanol–water partition coefficient (Wildman–Crippen LogP) is 3.68. The Morgan fingerprint density at radius 1 is 0.909 bits per heavy atom. The Kier molecular flexibility index (Phi) is 6.61. The number of rotatable bonds is 6. The van der Waals surface area contributed by atoms with Crippen molar-refractivity contribution in [3.63, 3.8) is 0 Å². The van der Waals surface area contributed by atoms with Gasteiger partial charge in [0.1, 0.15) is 11.5 Å². The largest absolute Gasteiger partial charge is 0.497 e. The van der Waals surface area contributed by atoms with E-state index in [1.165, 1.54) is 0 Å². The summed E-state index contributed by atoms with van der Waals surface area (Å²) in [5, 5.41) is 0.903. The highest BCUT2D eigenvalue weighted by Gasteiger charge is 2.31. The van der Waals surface area contributed by atoms with Gasteiger partial charge in [-0.05, 0) is 50.1 Å². The number of fused-ring (bicyclic) bond motifs is 1. The Labute approximate surface area is 196 Å². The molecule has 4 rings (SSSR count). The lowest BCUT2D eigenvalue weighted by Crippen LogP contribution is -2.48. The van der Waals surface area contributed by atoms with E-state index in [0.29, 0.717) is 37.6 Å². The number of ether oxygens (including phenoxy) is 2. The van der Waals surface area contributed by atoms with Crippen molar-refractivity contribution in [2.24, 2.45) is 0 Å². The molecular formula is C25H31N3O4S. The first kappa shape index (κ1) is 23.5. The number of sulfonamides is 1. The van der Waals surface area contributed by atoms with Crippen molar-refractivity contribution in [1.82, 2.24) is 14.2 Å². The topological polar surface area (TPSA) is 72.0 Å². The molecule has 0 aliphatic carbocycles. The minimum atomic E-state index is -3.52. The van der Waals surface area contributed by atoms with Crippen LogP contribution in [0.4, 0.5) is 0 Å². The maximum Gasteiger partial charge on any atom is 0.243 e. The van der Waals surface area contributed by atoms with Gasteiger partial charge in [0, 0.05) is 44.2 Å². The molecule has 7 nitrogen and oxygen atoms in total. The van der Waals surface area contributed by atoms with Crippen LogP contribution in [0.3, 0.4) is 0 Å². The second kappa shape index (κ2) is 9.29. The van der Waals surface area contributed by atoms with Gasteiger partial charge in [-0.2, -0.15) is 4.31 Å². The van der Waals surface area contributed by atoms with Gasteiger partial charge in [-0.1, -0.05) is 17.7 Å². The highest BCUT2D eigenvalue weighted by molar-refractivity contribution is 7.89. The molecule has 33 heavy (non-hydrogen) atoms. The van der Waals surface area contributed by atoms with Crippen LogP contribution in [0.1, 0.15) is 22.4 Å². The van der Waals surface area contributed by atoms with Crippen molar-refractivity contribution in [3.05, 3.63) is 58.8 Å². The Hall–Kier alpha value is -2.68. The van der Waals surface area contributed by atoms with Crippen LogP contribution in [0, 0.1) is 20.8 Å². The van der Waals surface area contributed by atoms with Gasteiger partial charge < -0.3 is 9.47 Å². The minimum Gasteiger partial charge on any atom is -0.497 e. The Morgan fingerprint density at radius 3 is 2.18 bits per heavy atom.